The third kappa shape index (κ3) is 4.61. The van der Waals surface area contributed by atoms with Crippen molar-refractivity contribution in [2.45, 2.75) is 50.2 Å². The van der Waals surface area contributed by atoms with Crippen LogP contribution in [0.15, 0.2) is 5.16 Å². The Morgan fingerprint density at radius 1 is 1.56 bits per heavy atom. The van der Waals surface area contributed by atoms with Crippen LogP contribution in [0.3, 0.4) is 0 Å². The first-order valence-corrected chi connectivity index (χ1v) is 6.88. The van der Waals surface area contributed by atoms with Crippen molar-refractivity contribution >= 4 is 17.7 Å². The molecule has 1 aromatic heterocycles. The molecule has 8 heteroatoms. The molecular weight excluding hydrogens is 252 g/mol. The van der Waals surface area contributed by atoms with E-state index in [0.29, 0.717) is 24.2 Å². The summed E-state index contributed by atoms with van der Waals surface area (Å²) in [6.45, 7) is 7.52. The van der Waals surface area contributed by atoms with Crippen LogP contribution in [0.2, 0.25) is 0 Å². The highest BCUT2D eigenvalue weighted by molar-refractivity contribution is 8.00. The number of hydrogen-bond acceptors (Lipinski definition) is 6. The Hall–Kier alpha value is -1.15. The topological polar surface area (TPSA) is 98.7 Å². The third-order valence-corrected chi connectivity index (χ3v) is 3.66. The summed E-state index contributed by atoms with van der Waals surface area (Å²) in [6, 6.07) is 0.423. The van der Waals surface area contributed by atoms with Gasteiger partial charge in [0.2, 0.25) is 11.1 Å². The number of carbonyl (C=O) groups is 1. The molecule has 1 amide bonds. The number of primary amides is 1. The number of tetrazole rings is 1. The second-order valence-electron chi connectivity index (χ2n) is 4.21. The zero-order chi connectivity index (χ0) is 13.5. The first kappa shape index (κ1) is 14.9. The van der Waals surface area contributed by atoms with Crippen LogP contribution in [0.25, 0.3) is 0 Å². The predicted octanol–water partition coefficient (Wildman–Crippen LogP) is 0.0271. The molecule has 0 aliphatic carbocycles. The number of carbonyl (C=O) groups excluding carboxylic acids is 1. The summed E-state index contributed by atoms with van der Waals surface area (Å²) in [6.07, 6.45) is 0.664. The number of hydrogen-bond donors (Lipinski definition) is 2. The lowest BCUT2D eigenvalue weighted by Crippen LogP contribution is -2.28. The van der Waals surface area contributed by atoms with Gasteiger partial charge in [-0.05, 0) is 16.8 Å². The van der Waals surface area contributed by atoms with Crippen LogP contribution in [-0.2, 0) is 11.3 Å². The quantitative estimate of drug-likeness (QED) is 0.648. The smallest absolute Gasteiger partial charge is 0.231 e. The van der Waals surface area contributed by atoms with Crippen molar-refractivity contribution in [3.05, 3.63) is 0 Å². The van der Waals surface area contributed by atoms with Gasteiger partial charge in [-0.1, -0.05) is 32.5 Å². The molecule has 102 valence electrons. The average Bonchev–Trinajstić information content (AvgIpc) is 2.72. The van der Waals surface area contributed by atoms with E-state index in [4.69, 9.17) is 5.73 Å². The highest BCUT2D eigenvalue weighted by Crippen LogP contribution is 2.22. The summed E-state index contributed by atoms with van der Waals surface area (Å²) in [5.41, 5.74) is 5.30. The largest absolute Gasteiger partial charge is 0.369 e. The molecule has 3 N–H and O–H groups in total. The van der Waals surface area contributed by atoms with Gasteiger partial charge in [-0.2, -0.15) is 0 Å². The zero-order valence-corrected chi connectivity index (χ0v) is 11.8. The van der Waals surface area contributed by atoms with E-state index in [0.717, 1.165) is 6.54 Å². The number of nitrogens with two attached hydrogens (primary N) is 1. The van der Waals surface area contributed by atoms with Gasteiger partial charge < -0.3 is 11.1 Å². The van der Waals surface area contributed by atoms with Gasteiger partial charge in [0.05, 0.1) is 11.8 Å². The van der Waals surface area contributed by atoms with E-state index in [1.54, 1.807) is 4.68 Å². The van der Waals surface area contributed by atoms with E-state index >= 15 is 0 Å². The molecule has 1 unspecified atom stereocenters. The molecule has 1 heterocycles. The van der Waals surface area contributed by atoms with Gasteiger partial charge in [-0.3, -0.25) is 4.79 Å². The average molecular weight is 272 g/mol. The second-order valence-corrected chi connectivity index (χ2v) is 5.38. The fourth-order valence-corrected chi connectivity index (χ4v) is 2.22. The maximum absolute atomic E-state index is 11.2. The van der Waals surface area contributed by atoms with Gasteiger partial charge >= 0.3 is 0 Å². The van der Waals surface area contributed by atoms with Gasteiger partial charge in [-0.15, -0.1) is 5.10 Å². The van der Waals surface area contributed by atoms with E-state index < -0.39 is 0 Å². The minimum atomic E-state index is -0.336. The molecule has 0 aliphatic rings. The Labute approximate surface area is 111 Å². The molecule has 0 saturated heterocycles. The van der Waals surface area contributed by atoms with Gasteiger partial charge in [0.25, 0.3) is 0 Å². The maximum atomic E-state index is 11.2. The molecule has 0 aliphatic heterocycles. The van der Waals surface area contributed by atoms with E-state index in [-0.39, 0.29) is 11.2 Å². The van der Waals surface area contributed by atoms with Crippen molar-refractivity contribution in [1.29, 1.82) is 0 Å². The lowest BCUT2D eigenvalue weighted by atomic mass is 10.3. The predicted molar refractivity (Wildman–Crippen MR) is 70.1 cm³/mol. The van der Waals surface area contributed by atoms with Crippen LogP contribution < -0.4 is 11.1 Å². The summed E-state index contributed by atoms with van der Waals surface area (Å²) in [4.78, 5) is 11.2. The molecule has 7 nitrogen and oxygen atoms in total. The Kier molecular flexibility index (Phi) is 6.06. The Morgan fingerprint density at radius 3 is 2.83 bits per heavy atom. The van der Waals surface area contributed by atoms with Crippen LogP contribution in [0, 0.1) is 0 Å². The summed E-state index contributed by atoms with van der Waals surface area (Å²) >= 11 is 1.31. The number of aromatic nitrogens is 4. The van der Waals surface area contributed by atoms with Crippen molar-refractivity contribution in [3.63, 3.8) is 0 Å². The van der Waals surface area contributed by atoms with Gasteiger partial charge in [0.1, 0.15) is 0 Å². The van der Waals surface area contributed by atoms with Crippen LogP contribution in [0.1, 0.15) is 27.2 Å². The van der Waals surface area contributed by atoms with Crippen molar-refractivity contribution < 1.29 is 4.79 Å². The second kappa shape index (κ2) is 7.32. The van der Waals surface area contributed by atoms with E-state index in [9.17, 15) is 4.79 Å². The molecule has 0 fully saturated rings. The van der Waals surface area contributed by atoms with Crippen LogP contribution in [-0.4, -0.2) is 44.0 Å². The number of thioether (sulfide) groups is 1. The highest BCUT2D eigenvalue weighted by Gasteiger charge is 2.18. The number of amides is 1. The molecular formula is C10H20N6OS. The SMILES string of the molecule is CCC(Sc1nnnn1CCNC(C)C)C(N)=O. The summed E-state index contributed by atoms with van der Waals surface area (Å²) < 4.78 is 1.69. The summed E-state index contributed by atoms with van der Waals surface area (Å²) in [5, 5.41) is 15.1. The van der Waals surface area contributed by atoms with Crippen molar-refractivity contribution in [1.82, 2.24) is 25.5 Å². The Balaban J connectivity index is 2.56. The first-order valence-electron chi connectivity index (χ1n) is 6.00. The molecule has 18 heavy (non-hydrogen) atoms. The lowest BCUT2D eigenvalue weighted by molar-refractivity contribution is -0.117. The van der Waals surface area contributed by atoms with Crippen LogP contribution in [0.4, 0.5) is 0 Å². The fraction of sp³-hybridized carbons (Fsp3) is 0.800. The Morgan fingerprint density at radius 2 is 2.28 bits per heavy atom. The van der Waals surface area contributed by atoms with Crippen molar-refractivity contribution in [2.75, 3.05) is 6.54 Å². The maximum Gasteiger partial charge on any atom is 0.231 e. The monoisotopic (exact) mass is 272 g/mol. The third-order valence-electron chi connectivity index (χ3n) is 2.31. The molecule has 0 bridgehead atoms. The first-order chi connectivity index (χ1) is 8.54. The lowest BCUT2D eigenvalue weighted by Gasteiger charge is -2.11. The van der Waals surface area contributed by atoms with E-state index in [1.807, 2.05) is 6.92 Å². The summed E-state index contributed by atoms with van der Waals surface area (Å²) in [5.74, 6) is -0.336. The molecule has 1 atom stereocenters. The minimum Gasteiger partial charge on any atom is -0.369 e. The Bertz CT molecular complexity index is 380. The molecule has 0 radical (unpaired) electrons. The molecule has 1 aromatic rings. The van der Waals surface area contributed by atoms with Crippen molar-refractivity contribution in [3.8, 4) is 0 Å². The standard InChI is InChI=1S/C10H20N6OS/c1-4-8(9(11)17)18-10-13-14-15-16(10)6-5-12-7(2)3/h7-8,12H,4-6H2,1-3H3,(H2,11,17). The minimum absolute atomic E-state index is 0.284. The van der Waals surface area contributed by atoms with Gasteiger partial charge in [0, 0.05) is 12.6 Å². The van der Waals surface area contributed by atoms with E-state index in [2.05, 4.69) is 34.7 Å². The van der Waals surface area contributed by atoms with E-state index in [1.165, 1.54) is 11.8 Å². The van der Waals surface area contributed by atoms with Crippen molar-refractivity contribution in [2.24, 2.45) is 5.73 Å². The van der Waals surface area contributed by atoms with Crippen LogP contribution in [0.5, 0.6) is 0 Å². The molecule has 0 spiro atoms. The number of nitrogens with one attached hydrogen (secondary N) is 1. The number of nitrogens with zero attached hydrogens (tertiary/aromatic N) is 4. The molecule has 1 rings (SSSR count). The number of rotatable bonds is 8. The molecule has 0 saturated carbocycles. The molecule has 0 aromatic carbocycles. The fourth-order valence-electron chi connectivity index (χ4n) is 1.35. The summed E-state index contributed by atoms with van der Waals surface area (Å²) in [7, 11) is 0. The van der Waals surface area contributed by atoms with Gasteiger partial charge in [-0.25, -0.2) is 4.68 Å². The highest BCUT2D eigenvalue weighted by atomic mass is 32.2. The van der Waals surface area contributed by atoms with Gasteiger partial charge in [0.15, 0.2) is 0 Å². The zero-order valence-electron chi connectivity index (χ0n) is 11.0. The van der Waals surface area contributed by atoms with Crippen LogP contribution >= 0.6 is 11.8 Å². The normalized spacial score (nSPS) is 12.9.